The van der Waals surface area contributed by atoms with Crippen LogP contribution in [0.2, 0.25) is 0 Å². The first kappa shape index (κ1) is 14.5. The van der Waals surface area contributed by atoms with Gasteiger partial charge in [-0.15, -0.1) is 0 Å². The summed E-state index contributed by atoms with van der Waals surface area (Å²) in [5.41, 5.74) is 2.33. The molecule has 2 nitrogen and oxygen atoms in total. The molecule has 22 heavy (non-hydrogen) atoms. The summed E-state index contributed by atoms with van der Waals surface area (Å²) in [6.45, 7) is 0. The van der Waals surface area contributed by atoms with Gasteiger partial charge < -0.3 is 9.47 Å². The highest BCUT2D eigenvalue weighted by Gasteiger charge is 2.41. The SMILES string of the molecule is COc1cc2c(cc1-c1ccccc1)C=CC(C(F)(F)F)O2. The molecule has 0 saturated heterocycles. The molecule has 2 aromatic carbocycles. The lowest BCUT2D eigenvalue weighted by Crippen LogP contribution is -2.33. The topological polar surface area (TPSA) is 18.5 Å². The van der Waals surface area contributed by atoms with Crippen molar-refractivity contribution in [2.75, 3.05) is 7.11 Å². The summed E-state index contributed by atoms with van der Waals surface area (Å²) in [7, 11) is 1.48. The smallest absolute Gasteiger partial charge is 0.429 e. The molecular formula is C17H13F3O2. The molecule has 0 saturated carbocycles. The predicted molar refractivity (Wildman–Crippen MR) is 77.9 cm³/mol. The first-order valence-corrected chi connectivity index (χ1v) is 6.68. The Morgan fingerprint density at radius 3 is 2.45 bits per heavy atom. The van der Waals surface area contributed by atoms with Crippen LogP contribution in [-0.4, -0.2) is 19.4 Å². The number of halogens is 3. The third kappa shape index (κ3) is 2.66. The van der Waals surface area contributed by atoms with E-state index in [9.17, 15) is 13.2 Å². The number of methoxy groups -OCH3 is 1. The van der Waals surface area contributed by atoms with Crippen molar-refractivity contribution >= 4 is 6.08 Å². The van der Waals surface area contributed by atoms with E-state index < -0.39 is 12.3 Å². The Bertz CT molecular complexity index is 706. The Hall–Kier alpha value is -2.43. The number of fused-ring (bicyclic) bond motifs is 1. The molecule has 114 valence electrons. The van der Waals surface area contributed by atoms with Crippen molar-refractivity contribution in [2.45, 2.75) is 12.3 Å². The first-order chi connectivity index (χ1) is 10.5. The van der Waals surface area contributed by atoms with Crippen LogP contribution in [0.15, 0.2) is 48.5 Å². The molecule has 0 bridgehead atoms. The number of benzene rings is 2. The third-order valence-corrected chi connectivity index (χ3v) is 3.44. The van der Waals surface area contributed by atoms with Gasteiger partial charge in [0.2, 0.25) is 6.10 Å². The van der Waals surface area contributed by atoms with E-state index in [2.05, 4.69) is 0 Å². The molecule has 5 heteroatoms. The molecule has 1 aliphatic heterocycles. The summed E-state index contributed by atoms with van der Waals surface area (Å²) in [6, 6.07) is 12.8. The Labute approximate surface area is 125 Å². The van der Waals surface area contributed by atoms with Crippen molar-refractivity contribution in [3.63, 3.8) is 0 Å². The predicted octanol–water partition coefficient (Wildman–Crippen LogP) is 4.70. The van der Waals surface area contributed by atoms with E-state index in [1.165, 1.54) is 19.3 Å². The number of alkyl halides is 3. The maximum Gasteiger partial charge on any atom is 0.429 e. The van der Waals surface area contributed by atoms with Gasteiger partial charge in [-0.05, 0) is 17.7 Å². The molecule has 1 unspecified atom stereocenters. The Balaban J connectivity index is 2.05. The van der Waals surface area contributed by atoms with E-state index in [-0.39, 0.29) is 5.75 Å². The normalized spacial score (nSPS) is 16.8. The largest absolute Gasteiger partial charge is 0.496 e. The number of hydrogen-bond acceptors (Lipinski definition) is 2. The molecule has 0 N–H and O–H groups in total. The van der Waals surface area contributed by atoms with Crippen LogP contribution in [0.25, 0.3) is 17.2 Å². The molecule has 0 aliphatic carbocycles. The fourth-order valence-electron chi connectivity index (χ4n) is 2.37. The van der Waals surface area contributed by atoms with Crippen LogP contribution in [0.1, 0.15) is 5.56 Å². The summed E-state index contributed by atoms with van der Waals surface area (Å²) in [5.74, 6) is 0.641. The van der Waals surface area contributed by atoms with Crippen molar-refractivity contribution in [2.24, 2.45) is 0 Å². The van der Waals surface area contributed by atoms with Gasteiger partial charge in [-0.25, -0.2) is 0 Å². The average molecular weight is 306 g/mol. The summed E-state index contributed by atoms with van der Waals surface area (Å²) in [6.07, 6.45) is -3.90. The molecule has 3 rings (SSSR count). The van der Waals surface area contributed by atoms with Gasteiger partial charge in [0.1, 0.15) is 11.5 Å². The fraction of sp³-hybridized carbons (Fsp3) is 0.176. The molecule has 0 amide bonds. The lowest BCUT2D eigenvalue weighted by Gasteiger charge is -2.24. The third-order valence-electron chi connectivity index (χ3n) is 3.44. The van der Waals surface area contributed by atoms with E-state index in [0.717, 1.165) is 17.2 Å². The van der Waals surface area contributed by atoms with Crippen molar-refractivity contribution in [1.82, 2.24) is 0 Å². The second-order valence-electron chi connectivity index (χ2n) is 4.90. The molecule has 1 atom stereocenters. The second-order valence-corrected chi connectivity index (χ2v) is 4.90. The summed E-state index contributed by atoms with van der Waals surface area (Å²) >= 11 is 0. The van der Waals surface area contributed by atoms with Gasteiger partial charge in [0, 0.05) is 17.2 Å². The van der Waals surface area contributed by atoms with Crippen molar-refractivity contribution in [3.05, 3.63) is 54.1 Å². The van der Waals surface area contributed by atoms with Crippen LogP contribution in [-0.2, 0) is 0 Å². The van der Waals surface area contributed by atoms with E-state index in [1.54, 1.807) is 6.07 Å². The molecular weight excluding hydrogens is 293 g/mol. The highest BCUT2D eigenvalue weighted by Crippen LogP contribution is 2.40. The zero-order valence-electron chi connectivity index (χ0n) is 11.7. The van der Waals surface area contributed by atoms with Crippen LogP contribution in [0.3, 0.4) is 0 Å². The highest BCUT2D eigenvalue weighted by atomic mass is 19.4. The number of ether oxygens (including phenoxy) is 2. The van der Waals surface area contributed by atoms with Crippen molar-refractivity contribution < 1.29 is 22.6 Å². The Morgan fingerprint density at radius 1 is 1.09 bits per heavy atom. The standard InChI is InChI=1S/C17H13F3O2/c1-21-15-10-14-12(7-8-16(22-14)17(18,19)20)9-13(15)11-5-3-2-4-6-11/h2-10,16H,1H3. The fourth-order valence-corrected chi connectivity index (χ4v) is 2.37. The summed E-state index contributed by atoms with van der Waals surface area (Å²) in [5, 5.41) is 0. The highest BCUT2D eigenvalue weighted by molar-refractivity contribution is 5.77. The minimum atomic E-state index is -4.43. The number of hydrogen-bond donors (Lipinski definition) is 0. The van der Waals surface area contributed by atoms with E-state index in [0.29, 0.717) is 11.3 Å². The van der Waals surface area contributed by atoms with E-state index in [1.807, 2.05) is 30.3 Å². The zero-order chi connectivity index (χ0) is 15.7. The second kappa shape index (κ2) is 5.40. The minimum Gasteiger partial charge on any atom is -0.496 e. The van der Waals surface area contributed by atoms with Crippen LogP contribution in [0, 0.1) is 0 Å². The van der Waals surface area contributed by atoms with Gasteiger partial charge in [-0.1, -0.05) is 36.4 Å². The minimum absolute atomic E-state index is 0.168. The lowest BCUT2D eigenvalue weighted by molar-refractivity contribution is -0.180. The van der Waals surface area contributed by atoms with E-state index in [4.69, 9.17) is 9.47 Å². The van der Waals surface area contributed by atoms with Crippen LogP contribution in [0.4, 0.5) is 13.2 Å². The molecule has 1 heterocycles. The van der Waals surface area contributed by atoms with Crippen molar-refractivity contribution in [1.29, 1.82) is 0 Å². The van der Waals surface area contributed by atoms with Gasteiger partial charge in [0.05, 0.1) is 7.11 Å². The molecule has 0 fully saturated rings. The zero-order valence-corrected chi connectivity index (χ0v) is 11.7. The van der Waals surface area contributed by atoms with Gasteiger partial charge in [-0.3, -0.25) is 0 Å². The quantitative estimate of drug-likeness (QED) is 0.800. The first-order valence-electron chi connectivity index (χ1n) is 6.68. The molecule has 0 spiro atoms. The number of rotatable bonds is 2. The molecule has 2 aromatic rings. The van der Waals surface area contributed by atoms with Gasteiger partial charge in [-0.2, -0.15) is 13.2 Å². The van der Waals surface area contributed by atoms with Crippen LogP contribution in [0.5, 0.6) is 11.5 Å². The van der Waals surface area contributed by atoms with Crippen LogP contribution < -0.4 is 9.47 Å². The lowest BCUT2D eigenvalue weighted by atomic mass is 9.99. The maximum atomic E-state index is 12.8. The summed E-state index contributed by atoms with van der Waals surface area (Å²) < 4.78 is 48.6. The molecule has 0 aromatic heterocycles. The Kier molecular flexibility index (Phi) is 3.56. The molecule has 1 aliphatic rings. The van der Waals surface area contributed by atoms with Gasteiger partial charge in [0.15, 0.2) is 0 Å². The maximum absolute atomic E-state index is 12.8. The molecule has 0 radical (unpaired) electrons. The monoisotopic (exact) mass is 306 g/mol. The van der Waals surface area contributed by atoms with E-state index >= 15 is 0 Å². The van der Waals surface area contributed by atoms with Crippen LogP contribution >= 0.6 is 0 Å². The average Bonchev–Trinajstić information content (AvgIpc) is 2.53. The summed E-state index contributed by atoms with van der Waals surface area (Å²) in [4.78, 5) is 0. The van der Waals surface area contributed by atoms with Gasteiger partial charge in [0.25, 0.3) is 0 Å². The van der Waals surface area contributed by atoms with Gasteiger partial charge >= 0.3 is 6.18 Å². The Morgan fingerprint density at radius 2 is 1.82 bits per heavy atom. The van der Waals surface area contributed by atoms with Crippen molar-refractivity contribution in [3.8, 4) is 22.6 Å².